The third kappa shape index (κ3) is 5.21. The second-order valence-corrected chi connectivity index (χ2v) is 8.34. The first-order chi connectivity index (χ1) is 13.1. The Morgan fingerprint density at radius 1 is 1.18 bits per heavy atom. The van der Waals surface area contributed by atoms with Crippen LogP contribution in [0.5, 0.6) is 0 Å². The summed E-state index contributed by atoms with van der Waals surface area (Å²) in [6, 6.07) is 9.96. The molecule has 28 heavy (non-hydrogen) atoms. The fourth-order valence-electron chi connectivity index (χ4n) is 3.24. The van der Waals surface area contributed by atoms with Crippen LogP contribution in [0.2, 0.25) is 0 Å². The number of hydrogen-bond acceptors (Lipinski definition) is 5. The molecule has 0 bridgehead atoms. The number of benzene rings is 1. The topological polar surface area (TPSA) is 80.1 Å². The molecule has 0 radical (unpaired) electrons. The lowest BCUT2D eigenvalue weighted by Gasteiger charge is -2.32. The van der Waals surface area contributed by atoms with Crippen LogP contribution in [0.1, 0.15) is 57.4 Å². The quantitative estimate of drug-likeness (QED) is 0.441. The molecule has 1 heterocycles. The van der Waals surface area contributed by atoms with E-state index in [0.717, 1.165) is 29.7 Å². The number of rotatable bonds is 8. The van der Waals surface area contributed by atoms with Crippen LogP contribution in [-0.2, 0) is 6.54 Å². The minimum Gasteiger partial charge on any atom is -0.375 e. The van der Waals surface area contributed by atoms with Gasteiger partial charge in [-0.25, -0.2) is 4.98 Å². The first-order valence-electron chi connectivity index (χ1n) is 9.85. The van der Waals surface area contributed by atoms with Crippen LogP contribution in [0.3, 0.4) is 0 Å². The lowest BCUT2D eigenvalue weighted by molar-refractivity contribution is -0.383. The van der Waals surface area contributed by atoms with Gasteiger partial charge in [-0.3, -0.25) is 10.1 Å². The Balaban J connectivity index is 2.45. The van der Waals surface area contributed by atoms with Gasteiger partial charge in [-0.1, -0.05) is 64.4 Å². The van der Waals surface area contributed by atoms with Gasteiger partial charge in [-0.2, -0.15) is 0 Å². The first-order valence-corrected chi connectivity index (χ1v) is 9.85. The molecule has 6 nitrogen and oxygen atoms in total. The third-order valence-corrected chi connectivity index (χ3v) is 5.09. The smallest absolute Gasteiger partial charge is 0.334 e. The Hall–Kier alpha value is -2.63. The van der Waals surface area contributed by atoms with E-state index in [2.05, 4.69) is 43.3 Å². The molecule has 0 saturated carbocycles. The second-order valence-electron chi connectivity index (χ2n) is 8.34. The van der Waals surface area contributed by atoms with Crippen LogP contribution >= 0.6 is 0 Å². The van der Waals surface area contributed by atoms with Crippen molar-refractivity contribution in [2.75, 3.05) is 10.6 Å². The Morgan fingerprint density at radius 3 is 2.36 bits per heavy atom. The van der Waals surface area contributed by atoms with Crippen molar-refractivity contribution >= 4 is 17.2 Å². The maximum atomic E-state index is 12.0. The number of pyridine rings is 1. The van der Waals surface area contributed by atoms with Gasteiger partial charge in [0.15, 0.2) is 0 Å². The van der Waals surface area contributed by atoms with E-state index in [1.54, 1.807) is 0 Å². The maximum absolute atomic E-state index is 12.0. The Bertz CT molecular complexity index is 814. The molecule has 1 unspecified atom stereocenters. The Labute approximate surface area is 167 Å². The van der Waals surface area contributed by atoms with Gasteiger partial charge in [0.1, 0.15) is 5.69 Å². The number of nitro groups is 1. The van der Waals surface area contributed by atoms with E-state index in [4.69, 9.17) is 0 Å². The molecule has 0 amide bonds. The zero-order chi connectivity index (χ0) is 20.9. The van der Waals surface area contributed by atoms with Gasteiger partial charge in [0.05, 0.1) is 4.92 Å². The van der Waals surface area contributed by atoms with Crippen LogP contribution in [0.15, 0.2) is 30.3 Å². The number of anilines is 2. The number of nitrogens with zero attached hydrogens (tertiary/aromatic N) is 2. The average molecular weight is 385 g/mol. The molecule has 0 aliphatic carbocycles. The van der Waals surface area contributed by atoms with Gasteiger partial charge in [-0.15, -0.1) is 0 Å². The largest absolute Gasteiger partial charge is 0.375 e. The van der Waals surface area contributed by atoms with Crippen LogP contribution in [0, 0.1) is 29.4 Å². The highest BCUT2D eigenvalue weighted by Crippen LogP contribution is 2.38. The lowest BCUT2D eigenvalue weighted by Crippen LogP contribution is -2.34. The molecular weight excluding hydrogens is 352 g/mol. The monoisotopic (exact) mass is 384 g/mol. The van der Waals surface area contributed by atoms with Gasteiger partial charge < -0.3 is 10.6 Å². The summed E-state index contributed by atoms with van der Waals surface area (Å²) < 4.78 is 0. The van der Waals surface area contributed by atoms with Gasteiger partial charge in [0.25, 0.3) is 0 Å². The highest BCUT2D eigenvalue weighted by atomic mass is 16.6. The van der Waals surface area contributed by atoms with Crippen molar-refractivity contribution in [3.63, 3.8) is 0 Å². The molecule has 0 saturated heterocycles. The summed E-state index contributed by atoms with van der Waals surface area (Å²) in [5.74, 6) is 0.344. The summed E-state index contributed by atoms with van der Waals surface area (Å²) in [5.41, 5.74) is 3.17. The first kappa shape index (κ1) is 21.7. The molecule has 1 atom stereocenters. The zero-order valence-corrected chi connectivity index (χ0v) is 17.8. The predicted molar refractivity (Wildman–Crippen MR) is 116 cm³/mol. The van der Waals surface area contributed by atoms with Crippen LogP contribution in [0.4, 0.5) is 17.2 Å². The molecule has 1 aromatic carbocycles. The van der Waals surface area contributed by atoms with Crippen molar-refractivity contribution in [1.82, 2.24) is 4.98 Å². The summed E-state index contributed by atoms with van der Waals surface area (Å²) in [6.45, 7) is 12.8. The van der Waals surface area contributed by atoms with Crippen LogP contribution in [0.25, 0.3) is 0 Å². The van der Waals surface area contributed by atoms with E-state index in [0.29, 0.717) is 18.1 Å². The fraction of sp³-hybridized carbons (Fsp3) is 0.500. The molecule has 2 rings (SSSR count). The van der Waals surface area contributed by atoms with Gasteiger partial charge in [0, 0.05) is 23.8 Å². The van der Waals surface area contributed by atoms with E-state index >= 15 is 0 Å². The molecule has 0 aliphatic heterocycles. The highest BCUT2D eigenvalue weighted by Gasteiger charge is 2.30. The minimum atomic E-state index is -0.333. The zero-order valence-electron chi connectivity index (χ0n) is 17.8. The Kier molecular flexibility index (Phi) is 7.00. The predicted octanol–water partition coefficient (Wildman–Crippen LogP) is 5.85. The lowest BCUT2D eigenvalue weighted by atomic mass is 9.84. The van der Waals surface area contributed by atoms with Gasteiger partial charge in [-0.05, 0) is 31.2 Å². The average Bonchev–Trinajstić information content (AvgIpc) is 2.62. The minimum absolute atomic E-state index is 0.0179. The third-order valence-electron chi connectivity index (χ3n) is 5.09. The molecule has 0 fully saturated rings. The van der Waals surface area contributed by atoms with Crippen molar-refractivity contribution in [3.05, 3.63) is 57.3 Å². The SMILES string of the molecule is CCCC(Nc1nc(C)c(C)c(NCc2ccccc2)c1[N+](=O)[O-])C(C)(C)C. The number of aromatic nitrogens is 1. The van der Waals surface area contributed by atoms with Crippen LogP contribution < -0.4 is 10.6 Å². The fourth-order valence-corrected chi connectivity index (χ4v) is 3.24. The number of aryl methyl sites for hydroxylation is 1. The van der Waals surface area contributed by atoms with Gasteiger partial charge in [0.2, 0.25) is 5.82 Å². The van der Waals surface area contributed by atoms with Crippen molar-refractivity contribution in [2.24, 2.45) is 5.41 Å². The molecule has 2 N–H and O–H groups in total. The highest BCUT2D eigenvalue weighted by molar-refractivity contribution is 5.77. The van der Waals surface area contributed by atoms with Crippen molar-refractivity contribution in [1.29, 1.82) is 0 Å². The molecule has 152 valence electrons. The normalized spacial score (nSPS) is 12.5. The second kappa shape index (κ2) is 9.04. The van der Waals surface area contributed by atoms with E-state index < -0.39 is 0 Å². The summed E-state index contributed by atoms with van der Waals surface area (Å²) in [6.07, 6.45) is 1.91. The molecule has 0 aliphatic rings. The van der Waals surface area contributed by atoms with Crippen molar-refractivity contribution in [3.8, 4) is 0 Å². The summed E-state index contributed by atoms with van der Waals surface area (Å²) >= 11 is 0. The summed E-state index contributed by atoms with van der Waals surface area (Å²) in [4.78, 5) is 16.2. The molecular formula is C22H32N4O2. The van der Waals surface area contributed by atoms with Gasteiger partial charge >= 0.3 is 5.69 Å². The Morgan fingerprint density at radius 2 is 1.82 bits per heavy atom. The molecule has 2 aromatic rings. The number of nitrogens with one attached hydrogen (secondary N) is 2. The standard InChI is InChI=1S/C22H32N4O2/c1-7-11-18(22(4,5)6)25-21-20(26(27)28)19(15(2)16(3)24-21)23-14-17-12-9-8-10-13-17/h8-10,12-13,18H,7,11,14H2,1-6H3,(H2,23,24,25). The summed E-state index contributed by atoms with van der Waals surface area (Å²) in [7, 11) is 0. The molecule has 1 aromatic heterocycles. The van der Waals surface area contributed by atoms with E-state index in [-0.39, 0.29) is 22.1 Å². The van der Waals surface area contributed by atoms with E-state index in [1.807, 2.05) is 44.2 Å². The van der Waals surface area contributed by atoms with E-state index in [1.165, 1.54) is 0 Å². The summed E-state index contributed by atoms with van der Waals surface area (Å²) in [5, 5.41) is 18.7. The molecule has 6 heteroatoms. The van der Waals surface area contributed by atoms with Crippen molar-refractivity contribution < 1.29 is 4.92 Å². The van der Waals surface area contributed by atoms with Crippen molar-refractivity contribution in [2.45, 2.75) is 67.0 Å². The van der Waals surface area contributed by atoms with Crippen LogP contribution in [-0.4, -0.2) is 15.9 Å². The molecule has 0 spiro atoms. The van der Waals surface area contributed by atoms with E-state index in [9.17, 15) is 10.1 Å². The number of hydrogen-bond donors (Lipinski definition) is 2. The maximum Gasteiger partial charge on any atom is 0.334 e.